The molecule has 1 N–H and O–H groups in total. The number of hydrogen-bond donors (Lipinski definition) is 1. The lowest BCUT2D eigenvalue weighted by Gasteiger charge is -2.60. The highest BCUT2D eigenvalue weighted by molar-refractivity contribution is 6.19. The maximum atomic E-state index is 14.2. The van der Waals surface area contributed by atoms with Gasteiger partial charge >= 0.3 is 0 Å². The molecule has 1 aromatic carbocycles. The minimum absolute atomic E-state index is 0.137. The number of hydrogen-bond acceptors (Lipinski definition) is 2. The quantitative estimate of drug-likeness (QED) is 0.624. The van der Waals surface area contributed by atoms with Gasteiger partial charge < -0.3 is 10.2 Å². The van der Waals surface area contributed by atoms with Gasteiger partial charge in [0.25, 0.3) is 11.8 Å². The van der Waals surface area contributed by atoms with Gasteiger partial charge in [0, 0.05) is 24.1 Å². The maximum absolute atomic E-state index is 14.2. The predicted molar refractivity (Wildman–Crippen MR) is 127 cm³/mol. The summed E-state index contributed by atoms with van der Waals surface area (Å²) in [6.45, 7) is 6.53. The summed E-state index contributed by atoms with van der Waals surface area (Å²) < 4.78 is 14.2. The Hall–Kier alpha value is -2.17. The standard InChI is InChI=1S/C28H37FN2O2/c1-17(18-8-5-6-10-23(18)29)30-25(32)20-16-28(3)22-13-15-27(2)14-7-9-21(27)19(22)11-12-24(28)31(4)26(20)33/h5-6,8,10,16-17,19,21-22,24H,7,9,11-15H2,1-4H3,(H,30,32)/t17?,19-,21-,22+,24?,27-,28+/m0/s1. The molecule has 0 spiro atoms. The van der Waals surface area contributed by atoms with E-state index in [1.54, 1.807) is 25.1 Å². The number of halogens is 1. The molecule has 1 aromatic rings. The second-order valence-electron chi connectivity index (χ2n) is 11.6. The van der Waals surface area contributed by atoms with Crippen molar-refractivity contribution >= 4 is 11.8 Å². The Labute approximate surface area is 197 Å². The highest BCUT2D eigenvalue weighted by Crippen LogP contribution is 2.64. The van der Waals surface area contributed by atoms with Crippen LogP contribution in [0.3, 0.4) is 0 Å². The fourth-order valence-electron chi connectivity index (χ4n) is 8.22. The van der Waals surface area contributed by atoms with Crippen LogP contribution in [0.5, 0.6) is 0 Å². The molecule has 0 saturated heterocycles. The molecule has 2 unspecified atom stereocenters. The minimum atomic E-state index is -0.517. The van der Waals surface area contributed by atoms with Crippen LogP contribution in [0.4, 0.5) is 4.39 Å². The highest BCUT2D eigenvalue weighted by atomic mass is 19.1. The summed E-state index contributed by atoms with van der Waals surface area (Å²) in [5.74, 6) is 0.974. The summed E-state index contributed by atoms with van der Waals surface area (Å²) in [6.07, 6.45) is 10.6. The highest BCUT2D eigenvalue weighted by Gasteiger charge is 2.59. The Morgan fingerprint density at radius 3 is 2.64 bits per heavy atom. The van der Waals surface area contributed by atoms with Gasteiger partial charge in [0.15, 0.2) is 0 Å². The number of amides is 2. The van der Waals surface area contributed by atoms with E-state index in [2.05, 4.69) is 19.2 Å². The number of carbonyl (C=O) groups is 2. The number of benzene rings is 1. The van der Waals surface area contributed by atoms with Crippen LogP contribution in [0.25, 0.3) is 0 Å². The summed E-state index contributed by atoms with van der Waals surface area (Å²) in [5, 5.41) is 2.89. The van der Waals surface area contributed by atoms with E-state index < -0.39 is 11.9 Å². The molecule has 3 fully saturated rings. The van der Waals surface area contributed by atoms with Crippen molar-refractivity contribution in [1.29, 1.82) is 0 Å². The number of nitrogens with one attached hydrogen (secondary N) is 1. The molecule has 7 atom stereocenters. The lowest BCUT2D eigenvalue weighted by atomic mass is 9.48. The largest absolute Gasteiger partial charge is 0.345 e. The first-order valence-electron chi connectivity index (χ1n) is 12.7. The SMILES string of the molecule is CC(NC(=O)C1=C[C@@]2(C)C(CC[C@@H]3[C@H]2CC[C@]2(C)CCC[C@@H]32)N(C)C1=O)c1ccccc1F. The van der Waals surface area contributed by atoms with Crippen LogP contribution >= 0.6 is 0 Å². The third kappa shape index (κ3) is 3.45. The Morgan fingerprint density at radius 1 is 1.12 bits per heavy atom. The van der Waals surface area contributed by atoms with E-state index in [-0.39, 0.29) is 28.8 Å². The van der Waals surface area contributed by atoms with Crippen molar-refractivity contribution in [3.63, 3.8) is 0 Å². The molecule has 2 amide bonds. The van der Waals surface area contributed by atoms with Crippen molar-refractivity contribution < 1.29 is 14.0 Å². The van der Waals surface area contributed by atoms with Gasteiger partial charge in [-0.15, -0.1) is 0 Å². The zero-order valence-corrected chi connectivity index (χ0v) is 20.4. The molecule has 5 heteroatoms. The van der Waals surface area contributed by atoms with Crippen LogP contribution in [0.15, 0.2) is 35.9 Å². The fourth-order valence-corrected chi connectivity index (χ4v) is 8.22. The Morgan fingerprint density at radius 2 is 1.88 bits per heavy atom. The smallest absolute Gasteiger partial charge is 0.259 e. The van der Waals surface area contributed by atoms with Gasteiger partial charge in [0.2, 0.25) is 0 Å². The van der Waals surface area contributed by atoms with Crippen LogP contribution in [0.2, 0.25) is 0 Å². The molecule has 3 saturated carbocycles. The Kier molecular flexibility index (Phi) is 5.45. The normalized spacial score (nSPS) is 38.6. The van der Waals surface area contributed by atoms with Crippen molar-refractivity contribution in [3.8, 4) is 0 Å². The van der Waals surface area contributed by atoms with Crippen molar-refractivity contribution in [2.75, 3.05) is 7.05 Å². The molecular weight excluding hydrogens is 415 g/mol. The summed E-state index contributed by atoms with van der Waals surface area (Å²) in [7, 11) is 1.86. The van der Waals surface area contributed by atoms with Crippen LogP contribution in [-0.4, -0.2) is 29.8 Å². The number of rotatable bonds is 3. The molecule has 1 aliphatic heterocycles. The molecule has 0 aromatic heterocycles. The van der Waals surface area contributed by atoms with Gasteiger partial charge in [-0.3, -0.25) is 9.59 Å². The van der Waals surface area contributed by atoms with Crippen molar-refractivity contribution in [3.05, 3.63) is 47.3 Å². The van der Waals surface area contributed by atoms with Gasteiger partial charge in [-0.05, 0) is 74.7 Å². The molecule has 5 rings (SSSR count). The van der Waals surface area contributed by atoms with Crippen LogP contribution in [0.1, 0.15) is 77.3 Å². The minimum Gasteiger partial charge on any atom is -0.345 e. The molecule has 0 radical (unpaired) electrons. The van der Waals surface area contributed by atoms with E-state index in [0.717, 1.165) is 12.3 Å². The van der Waals surface area contributed by atoms with Gasteiger partial charge in [0.1, 0.15) is 11.4 Å². The van der Waals surface area contributed by atoms with E-state index in [0.29, 0.717) is 22.8 Å². The first kappa shape index (κ1) is 22.6. The third-order valence-electron chi connectivity index (χ3n) is 9.95. The van der Waals surface area contributed by atoms with E-state index in [1.165, 1.54) is 44.6 Å². The summed E-state index contributed by atoms with van der Waals surface area (Å²) >= 11 is 0. The molecular formula is C28H37FN2O2. The van der Waals surface area contributed by atoms with Crippen LogP contribution < -0.4 is 5.32 Å². The molecule has 4 nitrogen and oxygen atoms in total. The van der Waals surface area contributed by atoms with Gasteiger partial charge in [-0.25, -0.2) is 4.39 Å². The number of fused-ring (bicyclic) bond motifs is 5. The average molecular weight is 453 g/mol. The topological polar surface area (TPSA) is 49.4 Å². The van der Waals surface area contributed by atoms with Gasteiger partial charge in [-0.1, -0.05) is 44.5 Å². The second kappa shape index (κ2) is 7.95. The number of carbonyl (C=O) groups excluding carboxylic acids is 2. The monoisotopic (exact) mass is 452 g/mol. The first-order valence-corrected chi connectivity index (χ1v) is 12.7. The molecule has 33 heavy (non-hydrogen) atoms. The first-order chi connectivity index (χ1) is 15.7. The second-order valence-corrected chi connectivity index (χ2v) is 11.6. The molecule has 1 heterocycles. The predicted octanol–water partition coefficient (Wildman–Crippen LogP) is 5.40. The Balaban J connectivity index is 1.45. The summed E-state index contributed by atoms with van der Waals surface area (Å²) in [4.78, 5) is 28.4. The van der Waals surface area contributed by atoms with Crippen LogP contribution in [-0.2, 0) is 9.59 Å². The van der Waals surface area contributed by atoms with Crippen LogP contribution in [0, 0.1) is 34.4 Å². The molecule has 4 aliphatic rings. The summed E-state index contributed by atoms with van der Waals surface area (Å²) in [6, 6.07) is 6.08. The van der Waals surface area contributed by atoms with Crippen molar-refractivity contribution in [2.24, 2.45) is 28.6 Å². The number of likely N-dealkylation sites (N-methyl/N-ethyl adjacent to an activating group) is 1. The molecule has 178 valence electrons. The third-order valence-corrected chi connectivity index (χ3v) is 9.95. The van der Waals surface area contributed by atoms with E-state index >= 15 is 0 Å². The average Bonchev–Trinajstić information content (AvgIpc) is 3.18. The molecule has 0 bridgehead atoms. The van der Waals surface area contributed by atoms with Crippen molar-refractivity contribution in [1.82, 2.24) is 10.2 Å². The zero-order chi connectivity index (χ0) is 23.5. The van der Waals surface area contributed by atoms with Gasteiger partial charge in [0.05, 0.1) is 6.04 Å². The van der Waals surface area contributed by atoms with Gasteiger partial charge in [-0.2, -0.15) is 0 Å². The lowest BCUT2D eigenvalue weighted by molar-refractivity contribution is -0.141. The van der Waals surface area contributed by atoms with E-state index in [4.69, 9.17) is 0 Å². The van der Waals surface area contributed by atoms with Crippen molar-refractivity contribution in [2.45, 2.75) is 77.8 Å². The molecule has 3 aliphatic carbocycles. The zero-order valence-electron chi connectivity index (χ0n) is 20.4. The fraction of sp³-hybridized carbons (Fsp3) is 0.643. The van der Waals surface area contributed by atoms with E-state index in [9.17, 15) is 14.0 Å². The number of nitrogens with zero attached hydrogens (tertiary/aromatic N) is 1. The summed E-state index contributed by atoms with van der Waals surface area (Å²) in [5.41, 5.74) is 0.918. The van der Waals surface area contributed by atoms with E-state index in [1.807, 2.05) is 18.0 Å². The lowest BCUT2D eigenvalue weighted by Crippen LogP contribution is -2.61. The maximum Gasteiger partial charge on any atom is 0.259 e. The Bertz CT molecular complexity index is 1010.